The van der Waals surface area contributed by atoms with Crippen LogP contribution in [0.3, 0.4) is 0 Å². The van der Waals surface area contributed by atoms with E-state index in [9.17, 15) is 0 Å². The minimum Gasteiger partial charge on any atom is -0.312 e. The second kappa shape index (κ2) is 3.38. The molecular formula is C9H21N. The molecule has 0 aromatic rings. The predicted molar refractivity (Wildman–Crippen MR) is 47.2 cm³/mol. The van der Waals surface area contributed by atoms with Crippen LogP contribution in [-0.4, -0.2) is 12.1 Å². The first kappa shape index (κ1) is 9.96. The van der Waals surface area contributed by atoms with E-state index in [1.165, 1.54) is 0 Å². The van der Waals surface area contributed by atoms with Crippen molar-refractivity contribution in [3.05, 3.63) is 0 Å². The lowest BCUT2D eigenvalue weighted by Crippen LogP contribution is -2.41. The van der Waals surface area contributed by atoms with Crippen LogP contribution in [0.4, 0.5) is 0 Å². The average Bonchev–Trinajstić information content (AvgIpc) is 1.60. The summed E-state index contributed by atoms with van der Waals surface area (Å²) < 4.78 is 0. The summed E-state index contributed by atoms with van der Waals surface area (Å²) in [6.07, 6.45) is 0. The van der Waals surface area contributed by atoms with Crippen molar-refractivity contribution in [3.8, 4) is 0 Å². The fourth-order valence-electron chi connectivity index (χ4n) is 0.750. The molecule has 0 spiro atoms. The smallest absolute Gasteiger partial charge is 0.00896 e. The molecule has 0 aliphatic rings. The lowest BCUT2D eigenvalue weighted by atomic mass is 9.88. The molecule has 0 heterocycles. The van der Waals surface area contributed by atoms with E-state index >= 15 is 0 Å². The Hall–Kier alpha value is -0.0400. The zero-order chi connectivity index (χ0) is 8.36. The van der Waals surface area contributed by atoms with Gasteiger partial charge in [-0.05, 0) is 12.3 Å². The van der Waals surface area contributed by atoms with E-state index in [-0.39, 0.29) is 0 Å². The zero-order valence-electron chi connectivity index (χ0n) is 8.15. The summed E-state index contributed by atoms with van der Waals surface area (Å²) >= 11 is 0. The second-order valence-corrected chi connectivity index (χ2v) is 4.41. The first-order valence-electron chi connectivity index (χ1n) is 4.10. The van der Waals surface area contributed by atoms with Gasteiger partial charge in [0.1, 0.15) is 0 Å². The Labute approximate surface area is 65.2 Å². The fourth-order valence-corrected chi connectivity index (χ4v) is 0.750. The van der Waals surface area contributed by atoms with Crippen LogP contribution in [0, 0.1) is 5.41 Å². The van der Waals surface area contributed by atoms with E-state index in [2.05, 4.69) is 46.9 Å². The van der Waals surface area contributed by atoms with Crippen molar-refractivity contribution in [2.24, 2.45) is 5.41 Å². The Morgan fingerprint density at radius 2 is 1.40 bits per heavy atom. The summed E-state index contributed by atoms with van der Waals surface area (Å²) in [5.74, 6) is 0. The lowest BCUT2D eigenvalue weighted by molar-refractivity contribution is 0.272. The lowest BCUT2D eigenvalue weighted by Gasteiger charge is -2.29. The molecule has 0 aliphatic heterocycles. The normalized spacial score (nSPS) is 15.9. The summed E-state index contributed by atoms with van der Waals surface area (Å²) in [7, 11) is 0. The van der Waals surface area contributed by atoms with Crippen LogP contribution >= 0.6 is 0 Å². The summed E-state index contributed by atoms with van der Waals surface area (Å²) in [4.78, 5) is 0. The van der Waals surface area contributed by atoms with Crippen LogP contribution in [-0.2, 0) is 0 Å². The van der Waals surface area contributed by atoms with Gasteiger partial charge in [0.15, 0.2) is 0 Å². The van der Waals surface area contributed by atoms with Crippen LogP contribution in [0.25, 0.3) is 0 Å². The molecule has 0 saturated heterocycles. The summed E-state index contributed by atoms with van der Waals surface area (Å²) in [6.45, 7) is 13.4. The molecule has 1 atom stereocenters. The van der Waals surface area contributed by atoms with Gasteiger partial charge in [-0.3, -0.25) is 0 Å². The monoisotopic (exact) mass is 143 g/mol. The Morgan fingerprint density at radius 3 is 1.50 bits per heavy atom. The third kappa shape index (κ3) is 3.89. The van der Waals surface area contributed by atoms with Crippen LogP contribution in [0.1, 0.15) is 41.5 Å². The first-order valence-corrected chi connectivity index (χ1v) is 4.10. The summed E-state index contributed by atoms with van der Waals surface area (Å²) in [5.41, 5.74) is 0.379. The van der Waals surface area contributed by atoms with Gasteiger partial charge in [0.2, 0.25) is 0 Å². The highest BCUT2D eigenvalue weighted by Gasteiger charge is 2.19. The molecule has 0 amide bonds. The Kier molecular flexibility index (Phi) is 3.37. The van der Waals surface area contributed by atoms with Gasteiger partial charge in [0, 0.05) is 12.1 Å². The quantitative estimate of drug-likeness (QED) is 0.626. The van der Waals surface area contributed by atoms with E-state index in [1.807, 2.05) is 0 Å². The molecule has 0 bridgehead atoms. The molecule has 0 saturated carbocycles. The molecule has 10 heavy (non-hydrogen) atoms. The zero-order valence-corrected chi connectivity index (χ0v) is 8.15. The van der Waals surface area contributed by atoms with Gasteiger partial charge in [-0.25, -0.2) is 0 Å². The number of hydrogen-bond acceptors (Lipinski definition) is 1. The van der Waals surface area contributed by atoms with Crippen molar-refractivity contribution < 1.29 is 0 Å². The first-order chi connectivity index (χ1) is 4.34. The van der Waals surface area contributed by atoms with Crippen molar-refractivity contribution >= 4 is 0 Å². The predicted octanol–water partition coefficient (Wildman–Crippen LogP) is 2.42. The molecule has 62 valence electrons. The van der Waals surface area contributed by atoms with Crippen molar-refractivity contribution in [1.82, 2.24) is 5.32 Å². The fraction of sp³-hybridized carbons (Fsp3) is 1.00. The van der Waals surface area contributed by atoms with Crippen LogP contribution in [0.2, 0.25) is 0 Å². The number of hydrogen-bond donors (Lipinski definition) is 1. The molecule has 0 aromatic heterocycles. The standard InChI is InChI=1S/C9H21N/c1-7(2)10-8(3)9(4,5)6/h7-8,10H,1-6H3/t8-/m0/s1. The van der Waals surface area contributed by atoms with Crippen LogP contribution in [0.15, 0.2) is 0 Å². The van der Waals surface area contributed by atoms with Crippen molar-refractivity contribution in [1.29, 1.82) is 0 Å². The van der Waals surface area contributed by atoms with E-state index in [1.54, 1.807) is 0 Å². The van der Waals surface area contributed by atoms with Gasteiger partial charge in [-0.15, -0.1) is 0 Å². The maximum Gasteiger partial charge on any atom is 0.00896 e. The highest BCUT2D eigenvalue weighted by molar-refractivity contribution is 4.77. The molecule has 0 rings (SSSR count). The maximum atomic E-state index is 3.48. The molecule has 0 fully saturated rings. The SMILES string of the molecule is CC(C)N[C@@H](C)C(C)(C)C. The van der Waals surface area contributed by atoms with Gasteiger partial charge >= 0.3 is 0 Å². The molecular weight excluding hydrogens is 122 g/mol. The average molecular weight is 143 g/mol. The number of rotatable bonds is 2. The Balaban J connectivity index is 3.73. The van der Waals surface area contributed by atoms with Crippen LogP contribution < -0.4 is 5.32 Å². The minimum atomic E-state index is 0.379. The van der Waals surface area contributed by atoms with E-state index in [0.29, 0.717) is 17.5 Å². The van der Waals surface area contributed by atoms with Gasteiger partial charge in [0.25, 0.3) is 0 Å². The van der Waals surface area contributed by atoms with Crippen LogP contribution in [0.5, 0.6) is 0 Å². The molecule has 1 nitrogen and oxygen atoms in total. The van der Waals surface area contributed by atoms with Crippen molar-refractivity contribution in [2.75, 3.05) is 0 Å². The van der Waals surface area contributed by atoms with Gasteiger partial charge in [-0.2, -0.15) is 0 Å². The topological polar surface area (TPSA) is 12.0 Å². The Morgan fingerprint density at radius 1 is 1.00 bits per heavy atom. The van der Waals surface area contributed by atoms with E-state index < -0.39 is 0 Å². The van der Waals surface area contributed by atoms with Gasteiger partial charge in [-0.1, -0.05) is 34.6 Å². The molecule has 0 unspecified atom stereocenters. The Bertz CT molecular complexity index is 89.4. The van der Waals surface area contributed by atoms with E-state index in [0.717, 1.165) is 0 Å². The van der Waals surface area contributed by atoms with E-state index in [4.69, 9.17) is 0 Å². The molecule has 0 aliphatic carbocycles. The third-order valence-corrected chi connectivity index (χ3v) is 1.88. The van der Waals surface area contributed by atoms with Gasteiger partial charge in [0.05, 0.1) is 0 Å². The highest BCUT2D eigenvalue weighted by atomic mass is 14.9. The number of nitrogens with one attached hydrogen (secondary N) is 1. The molecule has 1 N–H and O–H groups in total. The maximum absolute atomic E-state index is 3.48. The summed E-state index contributed by atoms with van der Waals surface area (Å²) in [6, 6.07) is 1.18. The largest absolute Gasteiger partial charge is 0.312 e. The van der Waals surface area contributed by atoms with Crippen molar-refractivity contribution in [2.45, 2.75) is 53.6 Å². The third-order valence-electron chi connectivity index (χ3n) is 1.88. The van der Waals surface area contributed by atoms with Crippen molar-refractivity contribution in [3.63, 3.8) is 0 Å². The minimum absolute atomic E-state index is 0.379. The molecule has 0 radical (unpaired) electrons. The highest BCUT2D eigenvalue weighted by Crippen LogP contribution is 2.18. The molecule has 1 heteroatoms. The summed E-state index contributed by atoms with van der Waals surface area (Å²) in [5, 5.41) is 3.48. The van der Waals surface area contributed by atoms with Gasteiger partial charge < -0.3 is 5.32 Å². The molecule has 0 aromatic carbocycles. The second-order valence-electron chi connectivity index (χ2n) is 4.41.